The molecule has 0 spiro atoms. The van der Waals surface area contributed by atoms with E-state index in [0.717, 1.165) is 5.69 Å². The molecule has 16 heavy (non-hydrogen) atoms. The molecule has 0 unspecified atom stereocenters. The molecule has 1 aliphatic carbocycles. The van der Waals surface area contributed by atoms with Crippen LogP contribution in [0.1, 0.15) is 32.6 Å². The molecule has 3 N–H and O–H groups in total. The van der Waals surface area contributed by atoms with Gasteiger partial charge in [-0.25, -0.2) is 0 Å². The lowest BCUT2D eigenvalue weighted by Crippen LogP contribution is -2.31. The largest absolute Gasteiger partial charge is 0.397 e. The fraction of sp³-hybridized carbons (Fsp3) is 0.500. The summed E-state index contributed by atoms with van der Waals surface area (Å²) in [4.78, 5) is 0. The molecule has 0 radical (unpaired) electrons. The van der Waals surface area contributed by atoms with E-state index in [9.17, 15) is 0 Å². The van der Waals surface area contributed by atoms with Crippen molar-refractivity contribution in [3.63, 3.8) is 0 Å². The molecule has 2 rings (SSSR count). The van der Waals surface area contributed by atoms with Gasteiger partial charge in [-0.15, -0.1) is 0 Å². The summed E-state index contributed by atoms with van der Waals surface area (Å²) in [6.45, 7) is 2.22. The number of hydrogen-bond donors (Lipinski definition) is 2. The molecule has 4 heteroatoms. The van der Waals surface area contributed by atoms with Crippen molar-refractivity contribution < 1.29 is 0 Å². The molecule has 2 nitrogen and oxygen atoms in total. The Hall–Kier alpha value is -0.600. The van der Waals surface area contributed by atoms with E-state index in [4.69, 9.17) is 28.9 Å². The minimum absolute atomic E-state index is 0.144. The molecule has 1 saturated carbocycles. The Bertz CT molecular complexity index is 398. The van der Waals surface area contributed by atoms with Crippen molar-refractivity contribution in [1.29, 1.82) is 0 Å². The summed E-state index contributed by atoms with van der Waals surface area (Å²) >= 11 is 11.9. The summed E-state index contributed by atoms with van der Waals surface area (Å²) in [6.07, 6.45) is 4.88. The highest BCUT2D eigenvalue weighted by atomic mass is 35.5. The third-order valence-electron chi connectivity index (χ3n) is 3.24. The van der Waals surface area contributed by atoms with Crippen LogP contribution in [-0.4, -0.2) is 5.54 Å². The molecule has 0 aliphatic heterocycles. The van der Waals surface area contributed by atoms with Gasteiger partial charge in [-0.3, -0.25) is 0 Å². The molecule has 1 fully saturated rings. The maximum atomic E-state index is 5.99. The normalized spacial score (nSPS) is 18.7. The molecule has 88 valence electrons. The molecule has 0 atom stereocenters. The van der Waals surface area contributed by atoms with E-state index in [1.165, 1.54) is 25.7 Å². The van der Waals surface area contributed by atoms with Crippen LogP contribution in [0.15, 0.2) is 12.1 Å². The van der Waals surface area contributed by atoms with Crippen molar-refractivity contribution in [2.45, 2.75) is 38.1 Å². The highest BCUT2D eigenvalue weighted by Gasteiger charge is 2.28. The molecule has 1 aromatic carbocycles. The smallest absolute Gasteiger partial charge is 0.0614 e. The quantitative estimate of drug-likeness (QED) is 0.776. The summed E-state index contributed by atoms with van der Waals surface area (Å²) in [5.74, 6) is 0. The maximum absolute atomic E-state index is 5.99. The molecule has 0 bridgehead atoms. The van der Waals surface area contributed by atoms with E-state index in [0.29, 0.717) is 15.7 Å². The van der Waals surface area contributed by atoms with Gasteiger partial charge in [0.2, 0.25) is 0 Å². The topological polar surface area (TPSA) is 38.0 Å². The summed E-state index contributed by atoms with van der Waals surface area (Å²) < 4.78 is 0. The Balaban J connectivity index is 2.24. The first-order valence-corrected chi connectivity index (χ1v) is 6.28. The number of hydrogen-bond acceptors (Lipinski definition) is 2. The predicted molar refractivity (Wildman–Crippen MR) is 71.4 cm³/mol. The number of rotatable bonds is 2. The SMILES string of the molecule is CC1(Nc2cc(Cl)c(Cl)cc2N)CCCC1. The molecule has 0 heterocycles. The van der Waals surface area contributed by atoms with Crippen molar-refractivity contribution >= 4 is 34.6 Å². The lowest BCUT2D eigenvalue weighted by Gasteiger charge is -2.27. The van der Waals surface area contributed by atoms with Gasteiger partial charge in [0.1, 0.15) is 0 Å². The first-order valence-electron chi connectivity index (χ1n) is 5.53. The molecule has 1 aliphatic rings. The summed E-state index contributed by atoms with van der Waals surface area (Å²) in [6, 6.07) is 3.51. The molecule has 0 aromatic heterocycles. The fourth-order valence-corrected chi connectivity index (χ4v) is 2.61. The predicted octanol–water partition coefficient (Wildman–Crippen LogP) is 4.32. The van der Waals surface area contributed by atoms with Gasteiger partial charge in [-0.1, -0.05) is 36.0 Å². The van der Waals surface area contributed by atoms with Crippen LogP contribution in [0.3, 0.4) is 0 Å². The molecular weight excluding hydrogens is 243 g/mol. The van der Waals surface area contributed by atoms with Crippen molar-refractivity contribution in [3.05, 3.63) is 22.2 Å². The van der Waals surface area contributed by atoms with Crippen LogP contribution in [0, 0.1) is 0 Å². The van der Waals surface area contributed by atoms with Crippen LogP contribution in [-0.2, 0) is 0 Å². The maximum Gasteiger partial charge on any atom is 0.0614 e. The van der Waals surface area contributed by atoms with Gasteiger partial charge in [0.25, 0.3) is 0 Å². The number of nitrogens with two attached hydrogens (primary N) is 1. The molecule has 0 amide bonds. The highest BCUT2D eigenvalue weighted by molar-refractivity contribution is 6.42. The van der Waals surface area contributed by atoms with Crippen LogP contribution in [0.5, 0.6) is 0 Å². The second-order valence-electron chi connectivity index (χ2n) is 4.75. The van der Waals surface area contributed by atoms with Gasteiger partial charge in [0.05, 0.1) is 21.4 Å². The van der Waals surface area contributed by atoms with Gasteiger partial charge in [0.15, 0.2) is 0 Å². The Morgan fingerprint density at radius 2 is 1.75 bits per heavy atom. The lowest BCUT2D eigenvalue weighted by atomic mass is 10.00. The van der Waals surface area contributed by atoms with Crippen LogP contribution in [0.2, 0.25) is 10.0 Å². The number of benzene rings is 1. The van der Waals surface area contributed by atoms with Crippen LogP contribution >= 0.6 is 23.2 Å². The molecular formula is C12H16Cl2N2. The first-order chi connectivity index (χ1) is 7.50. The molecule has 1 aromatic rings. The second kappa shape index (κ2) is 4.34. The van der Waals surface area contributed by atoms with E-state index in [2.05, 4.69) is 12.2 Å². The second-order valence-corrected chi connectivity index (χ2v) is 5.56. The Labute approximate surface area is 106 Å². The van der Waals surface area contributed by atoms with E-state index in [-0.39, 0.29) is 5.54 Å². The fourth-order valence-electron chi connectivity index (χ4n) is 2.28. The summed E-state index contributed by atoms with van der Waals surface area (Å²) in [7, 11) is 0. The van der Waals surface area contributed by atoms with Gasteiger partial charge < -0.3 is 11.1 Å². The van der Waals surface area contributed by atoms with E-state index in [1.54, 1.807) is 6.07 Å². The monoisotopic (exact) mass is 258 g/mol. The summed E-state index contributed by atoms with van der Waals surface area (Å²) in [5.41, 5.74) is 7.61. The zero-order valence-corrected chi connectivity index (χ0v) is 10.8. The van der Waals surface area contributed by atoms with Gasteiger partial charge in [-0.2, -0.15) is 0 Å². The van der Waals surface area contributed by atoms with Crippen LogP contribution in [0.25, 0.3) is 0 Å². The van der Waals surface area contributed by atoms with Crippen molar-refractivity contribution in [3.8, 4) is 0 Å². The van der Waals surface area contributed by atoms with E-state index >= 15 is 0 Å². The molecule has 0 saturated heterocycles. The van der Waals surface area contributed by atoms with Gasteiger partial charge in [-0.05, 0) is 31.9 Å². The number of nitrogens with one attached hydrogen (secondary N) is 1. The van der Waals surface area contributed by atoms with Crippen LogP contribution < -0.4 is 11.1 Å². The highest BCUT2D eigenvalue weighted by Crippen LogP contribution is 2.37. The van der Waals surface area contributed by atoms with Gasteiger partial charge in [0, 0.05) is 5.54 Å². The zero-order valence-electron chi connectivity index (χ0n) is 9.32. The minimum Gasteiger partial charge on any atom is -0.397 e. The lowest BCUT2D eigenvalue weighted by molar-refractivity contribution is 0.533. The van der Waals surface area contributed by atoms with Crippen LogP contribution in [0.4, 0.5) is 11.4 Å². The van der Waals surface area contributed by atoms with Gasteiger partial charge >= 0.3 is 0 Å². The Morgan fingerprint density at radius 3 is 2.38 bits per heavy atom. The first kappa shape index (κ1) is 11.9. The number of halogens is 2. The van der Waals surface area contributed by atoms with Crippen molar-refractivity contribution in [1.82, 2.24) is 0 Å². The van der Waals surface area contributed by atoms with E-state index in [1.807, 2.05) is 6.07 Å². The summed E-state index contributed by atoms with van der Waals surface area (Å²) in [5, 5.41) is 4.53. The van der Waals surface area contributed by atoms with E-state index < -0.39 is 0 Å². The Kier molecular flexibility index (Phi) is 3.22. The average Bonchev–Trinajstić information content (AvgIpc) is 2.62. The van der Waals surface area contributed by atoms with Crippen molar-refractivity contribution in [2.75, 3.05) is 11.1 Å². The zero-order chi connectivity index (χ0) is 11.8. The standard InChI is InChI=1S/C12H16Cl2N2/c1-12(4-2-3-5-12)16-11-7-9(14)8(13)6-10(11)15/h6-7,16H,2-5,15H2,1H3. The van der Waals surface area contributed by atoms with Crippen molar-refractivity contribution in [2.24, 2.45) is 0 Å². The minimum atomic E-state index is 0.144. The number of nitrogen functional groups attached to an aromatic ring is 1. The Morgan fingerprint density at radius 1 is 1.19 bits per heavy atom. The third-order valence-corrected chi connectivity index (χ3v) is 3.96. The third kappa shape index (κ3) is 2.38. The number of anilines is 2. The average molecular weight is 259 g/mol.